The molecule has 0 radical (unpaired) electrons. The van der Waals surface area contributed by atoms with Crippen molar-refractivity contribution < 1.29 is 4.74 Å². The lowest BCUT2D eigenvalue weighted by atomic mass is 10.1. The number of nitrogens with one attached hydrogen (secondary N) is 1. The first-order valence-corrected chi connectivity index (χ1v) is 8.07. The molecule has 118 valence electrons. The van der Waals surface area contributed by atoms with Crippen LogP contribution in [-0.2, 0) is 6.54 Å². The third-order valence-corrected chi connectivity index (χ3v) is 3.58. The zero-order valence-corrected chi connectivity index (χ0v) is 14.1. The lowest BCUT2D eigenvalue weighted by Gasteiger charge is -2.11. The molecule has 2 heteroatoms. The molecule has 0 heterocycles. The Morgan fingerprint density at radius 2 is 1.73 bits per heavy atom. The van der Waals surface area contributed by atoms with Crippen LogP contribution in [0.2, 0.25) is 0 Å². The summed E-state index contributed by atoms with van der Waals surface area (Å²) in [7, 11) is 0. The largest absolute Gasteiger partial charge is 0.494 e. The maximum Gasteiger partial charge on any atom is 0.119 e. The number of hydrogen-bond acceptors (Lipinski definition) is 2. The molecular formula is C20H27NO. The van der Waals surface area contributed by atoms with Crippen LogP contribution in [0.25, 0.3) is 0 Å². The minimum absolute atomic E-state index is 0.675. The fourth-order valence-corrected chi connectivity index (χ4v) is 2.44. The van der Waals surface area contributed by atoms with Gasteiger partial charge in [-0.15, -0.1) is 0 Å². The van der Waals surface area contributed by atoms with Crippen LogP contribution in [0.15, 0.2) is 42.5 Å². The third kappa shape index (κ3) is 5.44. The molecule has 2 aromatic carbocycles. The van der Waals surface area contributed by atoms with Crippen molar-refractivity contribution in [3.05, 3.63) is 59.2 Å². The van der Waals surface area contributed by atoms with Gasteiger partial charge in [-0.05, 0) is 67.1 Å². The van der Waals surface area contributed by atoms with E-state index in [1.54, 1.807) is 0 Å². The quantitative estimate of drug-likeness (QED) is 0.744. The van der Waals surface area contributed by atoms with Gasteiger partial charge in [0, 0.05) is 12.2 Å². The van der Waals surface area contributed by atoms with Crippen LogP contribution in [0.5, 0.6) is 5.75 Å². The van der Waals surface area contributed by atoms with Crippen molar-refractivity contribution in [1.82, 2.24) is 0 Å². The summed E-state index contributed by atoms with van der Waals surface area (Å²) >= 11 is 0. The SMILES string of the molecule is Cc1cc(C)cc(NCc2cccc(OCCC(C)C)c2)c1. The van der Waals surface area contributed by atoms with Gasteiger partial charge < -0.3 is 10.1 Å². The number of ether oxygens (including phenoxy) is 1. The van der Waals surface area contributed by atoms with Gasteiger partial charge in [-0.2, -0.15) is 0 Å². The van der Waals surface area contributed by atoms with E-state index in [1.165, 1.54) is 22.4 Å². The second-order valence-corrected chi connectivity index (χ2v) is 6.41. The Labute approximate surface area is 134 Å². The summed E-state index contributed by atoms with van der Waals surface area (Å²) in [5, 5.41) is 3.49. The highest BCUT2D eigenvalue weighted by molar-refractivity contribution is 5.49. The topological polar surface area (TPSA) is 21.3 Å². The Kier molecular flexibility index (Phi) is 5.88. The molecule has 0 saturated heterocycles. The van der Waals surface area contributed by atoms with E-state index in [0.717, 1.165) is 25.3 Å². The van der Waals surface area contributed by atoms with Crippen LogP contribution in [0.1, 0.15) is 37.0 Å². The molecule has 2 nitrogen and oxygen atoms in total. The van der Waals surface area contributed by atoms with E-state index in [9.17, 15) is 0 Å². The average molecular weight is 297 g/mol. The molecule has 0 bridgehead atoms. The second-order valence-electron chi connectivity index (χ2n) is 6.41. The van der Waals surface area contributed by atoms with E-state index in [-0.39, 0.29) is 0 Å². The van der Waals surface area contributed by atoms with Crippen molar-refractivity contribution in [3.8, 4) is 5.75 Å². The van der Waals surface area contributed by atoms with Gasteiger partial charge >= 0.3 is 0 Å². The molecule has 0 aromatic heterocycles. The smallest absolute Gasteiger partial charge is 0.119 e. The minimum Gasteiger partial charge on any atom is -0.494 e. The molecular weight excluding hydrogens is 270 g/mol. The zero-order chi connectivity index (χ0) is 15.9. The van der Waals surface area contributed by atoms with E-state index in [0.29, 0.717) is 5.92 Å². The monoisotopic (exact) mass is 297 g/mol. The summed E-state index contributed by atoms with van der Waals surface area (Å²) in [5.74, 6) is 1.63. The predicted octanol–water partition coefficient (Wildman–Crippen LogP) is 5.34. The molecule has 22 heavy (non-hydrogen) atoms. The molecule has 0 aliphatic heterocycles. The molecule has 0 amide bonds. The van der Waals surface area contributed by atoms with Crippen LogP contribution >= 0.6 is 0 Å². The Morgan fingerprint density at radius 1 is 1.00 bits per heavy atom. The van der Waals surface area contributed by atoms with Crippen molar-refractivity contribution in [1.29, 1.82) is 0 Å². The van der Waals surface area contributed by atoms with Crippen LogP contribution in [-0.4, -0.2) is 6.61 Å². The van der Waals surface area contributed by atoms with Crippen molar-refractivity contribution in [2.24, 2.45) is 5.92 Å². The third-order valence-electron chi connectivity index (χ3n) is 3.58. The molecule has 0 aliphatic carbocycles. The fourth-order valence-electron chi connectivity index (χ4n) is 2.44. The number of benzene rings is 2. The first-order chi connectivity index (χ1) is 10.5. The Bertz CT molecular complexity index is 584. The van der Waals surface area contributed by atoms with Gasteiger partial charge in [-0.1, -0.05) is 32.0 Å². The molecule has 0 unspecified atom stereocenters. The van der Waals surface area contributed by atoms with Gasteiger partial charge in [0.2, 0.25) is 0 Å². The molecule has 0 saturated carbocycles. The first kappa shape index (κ1) is 16.4. The summed E-state index contributed by atoms with van der Waals surface area (Å²) in [6.45, 7) is 10.3. The zero-order valence-electron chi connectivity index (χ0n) is 14.1. The van der Waals surface area contributed by atoms with Crippen LogP contribution < -0.4 is 10.1 Å². The van der Waals surface area contributed by atoms with Gasteiger partial charge in [-0.25, -0.2) is 0 Å². The molecule has 0 atom stereocenters. The van der Waals surface area contributed by atoms with Gasteiger partial charge in [0.1, 0.15) is 5.75 Å². The van der Waals surface area contributed by atoms with Crippen molar-refractivity contribution in [2.75, 3.05) is 11.9 Å². The summed E-state index contributed by atoms with van der Waals surface area (Å²) in [6.07, 6.45) is 1.09. The van der Waals surface area contributed by atoms with E-state index in [2.05, 4.69) is 69.4 Å². The van der Waals surface area contributed by atoms with Gasteiger partial charge in [0.15, 0.2) is 0 Å². The highest BCUT2D eigenvalue weighted by Crippen LogP contribution is 2.18. The van der Waals surface area contributed by atoms with Crippen LogP contribution in [0, 0.1) is 19.8 Å². The lowest BCUT2D eigenvalue weighted by molar-refractivity contribution is 0.289. The van der Waals surface area contributed by atoms with Gasteiger partial charge in [0.25, 0.3) is 0 Å². The number of rotatable bonds is 7. The van der Waals surface area contributed by atoms with Crippen molar-refractivity contribution in [2.45, 2.75) is 40.7 Å². The molecule has 2 aromatic rings. The summed E-state index contributed by atoms with van der Waals surface area (Å²) < 4.78 is 5.82. The fraction of sp³-hybridized carbons (Fsp3) is 0.400. The first-order valence-electron chi connectivity index (χ1n) is 8.07. The van der Waals surface area contributed by atoms with E-state index in [4.69, 9.17) is 4.74 Å². The standard InChI is InChI=1S/C20H27NO/c1-15(2)8-9-22-20-7-5-6-18(13-20)14-21-19-11-16(3)10-17(4)12-19/h5-7,10-13,15,21H,8-9,14H2,1-4H3. The predicted molar refractivity (Wildman–Crippen MR) is 94.6 cm³/mol. The summed E-state index contributed by atoms with van der Waals surface area (Å²) in [4.78, 5) is 0. The van der Waals surface area contributed by atoms with Crippen molar-refractivity contribution >= 4 is 5.69 Å². The van der Waals surface area contributed by atoms with Crippen molar-refractivity contribution in [3.63, 3.8) is 0 Å². The normalized spacial score (nSPS) is 10.8. The Balaban J connectivity index is 1.92. The summed E-state index contributed by atoms with van der Waals surface area (Å²) in [5.41, 5.74) is 4.98. The molecule has 1 N–H and O–H groups in total. The molecule has 2 rings (SSSR count). The molecule has 0 aliphatic rings. The minimum atomic E-state index is 0.675. The number of anilines is 1. The van der Waals surface area contributed by atoms with E-state index in [1.807, 2.05) is 6.07 Å². The van der Waals surface area contributed by atoms with Gasteiger partial charge in [-0.3, -0.25) is 0 Å². The molecule has 0 spiro atoms. The van der Waals surface area contributed by atoms with Crippen LogP contribution in [0.3, 0.4) is 0 Å². The number of aryl methyl sites for hydroxylation is 2. The Hall–Kier alpha value is -1.96. The second kappa shape index (κ2) is 7.88. The summed E-state index contributed by atoms with van der Waals surface area (Å²) in [6, 6.07) is 14.9. The molecule has 0 fully saturated rings. The highest BCUT2D eigenvalue weighted by atomic mass is 16.5. The maximum absolute atomic E-state index is 5.82. The lowest BCUT2D eigenvalue weighted by Crippen LogP contribution is -2.03. The average Bonchev–Trinajstić information content (AvgIpc) is 2.44. The highest BCUT2D eigenvalue weighted by Gasteiger charge is 2.00. The van der Waals surface area contributed by atoms with E-state index >= 15 is 0 Å². The van der Waals surface area contributed by atoms with Crippen LogP contribution in [0.4, 0.5) is 5.69 Å². The Morgan fingerprint density at radius 3 is 2.41 bits per heavy atom. The number of hydrogen-bond donors (Lipinski definition) is 1. The van der Waals surface area contributed by atoms with E-state index < -0.39 is 0 Å². The van der Waals surface area contributed by atoms with Gasteiger partial charge in [0.05, 0.1) is 6.61 Å². The maximum atomic E-state index is 5.82.